The van der Waals surface area contributed by atoms with Gasteiger partial charge in [0.15, 0.2) is 0 Å². The molecular formula is C6H19NO2Si2. The van der Waals surface area contributed by atoms with Gasteiger partial charge in [-0.2, -0.15) is 0 Å². The smallest absolute Gasteiger partial charge is 0.383 e. The van der Waals surface area contributed by atoms with E-state index in [0.29, 0.717) is 0 Å². The van der Waals surface area contributed by atoms with Crippen molar-refractivity contribution in [1.29, 1.82) is 0 Å². The largest absolute Gasteiger partial charge is 0.416 e. The van der Waals surface area contributed by atoms with E-state index in [1.807, 2.05) is 13.8 Å². The molecule has 0 aliphatic rings. The van der Waals surface area contributed by atoms with Gasteiger partial charge in [-0.15, -0.1) is 0 Å². The summed E-state index contributed by atoms with van der Waals surface area (Å²) in [5.74, 6) is 0. The molecule has 11 heavy (non-hydrogen) atoms. The molecule has 3 nitrogen and oxygen atoms in total. The topological polar surface area (TPSA) is 21.7 Å². The van der Waals surface area contributed by atoms with Crippen LogP contribution in [-0.4, -0.2) is 43.6 Å². The van der Waals surface area contributed by atoms with E-state index in [1.165, 1.54) is 0 Å². The maximum absolute atomic E-state index is 5.61. The van der Waals surface area contributed by atoms with Gasteiger partial charge in [-0.1, -0.05) is 0 Å². The summed E-state index contributed by atoms with van der Waals surface area (Å²) >= 11 is 0. The first kappa shape index (κ1) is 11.3. The van der Waals surface area contributed by atoms with Crippen molar-refractivity contribution in [3.8, 4) is 0 Å². The molecule has 0 aliphatic heterocycles. The van der Waals surface area contributed by atoms with Crippen LogP contribution in [0.15, 0.2) is 0 Å². The highest BCUT2D eigenvalue weighted by molar-refractivity contribution is 6.67. The lowest BCUT2D eigenvalue weighted by Crippen LogP contribution is -2.53. The van der Waals surface area contributed by atoms with E-state index in [4.69, 9.17) is 8.85 Å². The minimum absolute atomic E-state index is 0.745. The fourth-order valence-corrected chi connectivity index (χ4v) is 3.28. The van der Waals surface area contributed by atoms with Crippen molar-refractivity contribution in [3.05, 3.63) is 0 Å². The van der Waals surface area contributed by atoms with Gasteiger partial charge in [0.25, 0.3) is 0 Å². The minimum atomic E-state index is -1.93. The summed E-state index contributed by atoms with van der Waals surface area (Å²) in [6, 6.07) is 0. The second-order valence-corrected chi connectivity index (χ2v) is 8.16. The van der Waals surface area contributed by atoms with Crippen LogP contribution in [0.25, 0.3) is 0 Å². The third-order valence-corrected chi connectivity index (χ3v) is 7.35. The number of hydrogen-bond acceptors (Lipinski definition) is 3. The minimum Gasteiger partial charge on any atom is -0.383 e. The van der Waals surface area contributed by atoms with E-state index in [9.17, 15) is 0 Å². The molecule has 0 spiro atoms. The van der Waals surface area contributed by atoms with E-state index in [2.05, 4.69) is 17.8 Å². The molecule has 0 heterocycles. The SMILES string of the molecule is CCO[Si](C)(OCC)N(C)[SiH3]. The Hall–Kier alpha value is 0.314. The van der Waals surface area contributed by atoms with Crippen LogP contribution in [0, 0.1) is 0 Å². The van der Waals surface area contributed by atoms with Crippen molar-refractivity contribution in [2.75, 3.05) is 20.3 Å². The van der Waals surface area contributed by atoms with Crippen LogP contribution in [0.1, 0.15) is 13.8 Å². The Morgan fingerprint density at radius 1 is 1.27 bits per heavy atom. The highest BCUT2D eigenvalue weighted by Gasteiger charge is 2.33. The zero-order valence-corrected chi connectivity index (χ0v) is 11.2. The van der Waals surface area contributed by atoms with Gasteiger partial charge in [0.1, 0.15) is 0 Å². The van der Waals surface area contributed by atoms with Crippen LogP contribution in [0.4, 0.5) is 0 Å². The lowest BCUT2D eigenvalue weighted by atomic mass is 10.9. The third kappa shape index (κ3) is 3.48. The summed E-state index contributed by atoms with van der Waals surface area (Å²) in [4.78, 5) is 0. The van der Waals surface area contributed by atoms with Crippen molar-refractivity contribution in [3.63, 3.8) is 0 Å². The average Bonchev–Trinajstić information content (AvgIpc) is 1.88. The van der Waals surface area contributed by atoms with Gasteiger partial charge in [-0.05, 0) is 27.4 Å². The predicted molar refractivity (Wildman–Crippen MR) is 52.6 cm³/mol. The van der Waals surface area contributed by atoms with Gasteiger partial charge in [-0.25, -0.2) is 0 Å². The third-order valence-electron chi connectivity index (χ3n) is 1.64. The predicted octanol–water partition coefficient (Wildman–Crippen LogP) is -0.160. The van der Waals surface area contributed by atoms with E-state index >= 15 is 0 Å². The maximum Gasteiger partial charge on any atom is 0.416 e. The van der Waals surface area contributed by atoms with Crippen molar-refractivity contribution in [1.82, 2.24) is 4.23 Å². The Bertz CT molecular complexity index is 105. The average molecular weight is 193 g/mol. The molecule has 0 radical (unpaired) electrons. The highest BCUT2D eigenvalue weighted by atomic mass is 28.4. The van der Waals surface area contributed by atoms with Gasteiger partial charge in [0.2, 0.25) is 0 Å². The first-order valence-corrected chi connectivity index (χ1v) is 7.18. The van der Waals surface area contributed by atoms with E-state index < -0.39 is 8.72 Å². The molecule has 0 bridgehead atoms. The second-order valence-electron chi connectivity index (χ2n) is 2.66. The molecule has 0 aromatic rings. The molecule has 0 saturated heterocycles. The van der Waals surface area contributed by atoms with E-state index in [-0.39, 0.29) is 0 Å². The molecule has 0 N–H and O–H groups in total. The van der Waals surface area contributed by atoms with Crippen molar-refractivity contribution >= 4 is 19.1 Å². The van der Waals surface area contributed by atoms with Gasteiger partial charge < -0.3 is 13.1 Å². The van der Waals surface area contributed by atoms with E-state index in [1.54, 1.807) is 0 Å². The van der Waals surface area contributed by atoms with Gasteiger partial charge >= 0.3 is 8.72 Å². The Labute approximate surface area is 73.5 Å². The number of hydrogen-bond donors (Lipinski definition) is 0. The second kappa shape index (κ2) is 5.05. The summed E-state index contributed by atoms with van der Waals surface area (Å²) in [5, 5.41) is 0. The van der Waals surface area contributed by atoms with Crippen LogP contribution in [0.3, 0.4) is 0 Å². The quantitative estimate of drug-likeness (QED) is 0.567. The lowest BCUT2D eigenvalue weighted by molar-refractivity contribution is 0.160. The Balaban J connectivity index is 4.01. The lowest BCUT2D eigenvalue weighted by Gasteiger charge is -2.31. The molecule has 0 aromatic heterocycles. The van der Waals surface area contributed by atoms with Gasteiger partial charge in [0, 0.05) is 13.2 Å². The van der Waals surface area contributed by atoms with Gasteiger partial charge in [-0.3, -0.25) is 0 Å². The molecule has 0 unspecified atom stereocenters. The molecule has 0 fully saturated rings. The zero-order valence-electron chi connectivity index (χ0n) is 8.18. The van der Waals surface area contributed by atoms with Crippen LogP contribution in [0.2, 0.25) is 6.55 Å². The molecule has 0 aromatic carbocycles. The molecule has 68 valence electrons. The number of nitrogens with zero attached hydrogens (tertiary/aromatic N) is 1. The van der Waals surface area contributed by atoms with Crippen LogP contribution in [-0.2, 0) is 8.85 Å². The molecule has 0 saturated carbocycles. The maximum atomic E-state index is 5.61. The van der Waals surface area contributed by atoms with Crippen molar-refractivity contribution in [2.24, 2.45) is 0 Å². The van der Waals surface area contributed by atoms with Crippen molar-refractivity contribution < 1.29 is 8.85 Å². The fraction of sp³-hybridized carbons (Fsp3) is 1.00. The van der Waals surface area contributed by atoms with Crippen LogP contribution < -0.4 is 0 Å². The fourth-order valence-electron chi connectivity index (χ4n) is 0.835. The summed E-state index contributed by atoms with van der Waals surface area (Å²) in [7, 11) is 1.13. The summed E-state index contributed by atoms with van der Waals surface area (Å²) in [5.41, 5.74) is 0. The highest BCUT2D eigenvalue weighted by Crippen LogP contribution is 2.08. The molecule has 0 rings (SSSR count). The van der Waals surface area contributed by atoms with Gasteiger partial charge in [0.05, 0.1) is 10.4 Å². The monoisotopic (exact) mass is 193 g/mol. The van der Waals surface area contributed by atoms with E-state index in [0.717, 1.165) is 23.6 Å². The molecule has 0 amide bonds. The first-order chi connectivity index (χ1) is 5.06. The number of rotatable bonds is 5. The summed E-state index contributed by atoms with van der Waals surface area (Å²) in [6.45, 7) is 7.60. The van der Waals surface area contributed by atoms with Crippen LogP contribution >= 0.6 is 0 Å². The zero-order chi connectivity index (χ0) is 8.91. The Morgan fingerprint density at radius 3 is 1.82 bits per heavy atom. The normalized spacial score (nSPS) is 12.8. The summed E-state index contributed by atoms with van der Waals surface area (Å²) in [6.07, 6.45) is 0. The molecular weight excluding hydrogens is 174 g/mol. The molecule has 0 aliphatic carbocycles. The Morgan fingerprint density at radius 2 is 1.64 bits per heavy atom. The van der Waals surface area contributed by atoms with Crippen LogP contribution in [0.5, 0.6) is 0 Å². The molecule has 5 heteroatoms. The standard InChI is InChI=1S/C6H19NO2Si2/c1-5-8-11(4,7(3)10)9-6-2/h5-6H2,1-4,10H3. The first-order valence-electron chi connectivity index (χ1n) is 4.02. The van der Waals surface area contributed by atoms with Crippen molar-refractivity contribution in [2.45, 2.75) is 20.4 Å². The molecule has 0 atom stereocenters. The Kier molecular flexibility index (Phi) is 5.19. The summed E-state index contributed by atoms with van der Waals surface area (Å²) < 4.78 is 13.4.